The van der Waals surface area contributed by atoms with Crippen molar-refractivity contribution in [2.45, 2.75) is 38.3 Å². The molecule has 4 rings (SSSR count). The molecule has 0 aliphatic carbocycles. The highest BCUT2D eigenvalue weighted by Gasteiger charge is 2.27. The zero-order chi connectivity index (χ0) is 19.5. The first kappa shape index (κ1) is 24.3. The van der Waals surface area contributed by atoms with Crippen molar-refractivity contribution in [3.63, 3.8) is 0 Å². The molecule has 1 amide bonds. The highest BCUT2D eigenvalue weighted by molar-refractivity contribution is 5.95. The van der Waals surface area contributed by atoms with E-state index in [1.807, 2.05) is 37.4 Å². The standard InChI is InChI=1S/C22H28N4O2.2ClH/c1-16-9-14-26(19-7-11-23-12-8-19)22(28)20(16)21(27)24-17-10-13-25(15-17)18-5-3-2-4-6-18;;/h2-6,9,14,17,19,23H,7-8,10-13,15H2,1H3,(H,24,27);2*1H. The second-order valence-corrected chi connectivity index (χ2v) is 7.81. The van der Waals surface area contributed by atoms with Crippen molar-refractivity contribution in [3.8, 4) is 0 Å². The number of benzene rings is 1. The first-order valence-electron chi connectivity index (χ1n) is 10.2. The minimum atomic E-state index is -0.245. The number of rotatable bonds is 4. The summed E-state index contributed by atoms with van der Waals surface area (Å²) in [7, 11) is 0. The van der Waals surface area contributed by atoms with Crippen molar-refractivity contribution in [3.05, 3.63) is 64.1 Å². The lowest BCUT2D eigenvalue weighted by atomic mass is 10.0. The summed E-state index contributed by atoms with van der Waals surface area (Å²) in [4.78, 5) is 28.3. The van der Waals surface area contributed by atoms with E-state index in [0.717, 1.165) is 51.0 Å². The van der Waals surface area contributed by atoms with Crippen LogP contribution in [0.3, 0.4) is 0 Å². The molecule has 2 fully saturated rings. The molecule has 0 bridgehead atoms. The van der Waals surface area contributed by atoms with Crippen molar-refractivity contribution < 1.29 is 4.79 Å². The van der Waals surface area contributed by atoms with Gasteiger partial charge in [-0.25, -0.2) is 0 Å². The summed E-state index contributed by atoms with van der Waals surface area (Å²) in [5.41, 5.74) is 2.04. The van der Waals surface area contributed by atoms with E-state index in [9.17, 15) is 9.59 Å². The summed E-state index contributed by atoms with van der Waals surface area (Å²) in [6.45, 7) is 5.33. The predicted octanol–water partition coefficient (Wildman–Crippen LogP) is 2.93. The molecule has 6 nitrogen and oxygen atoms in total. The van der Waals surface area contributed by atoms with Crippen LogP contribution in [0.2, 0.25) is 0 Å². The quantitative estimate of drug-likeness (QED) is 0.747. The van der Waals surface area contributed by atoms with Gasteiger partial charge >= 0.3 is 0 Å². The van der Waals surface area contributed by atoms with Gasteiger partial charge in [-0.3, -0.25) is 9.59 Å². The highest BCUT2D eigenvalue weighted by atomic mass is 35.5. The Morgan fingerprint density at radius 3 is 2.47 bits per heavy atom. The molecule has 164 valence electrons. The Kier molecular flexibility index (Phi) is 8.77. The third-order valence-electron chi connectivity index (χ3n) is 5.90. The highest BCUT2D eigenvalue weighted by Crippen LogP contribution is 2.20. The van der Waals surface area contributed by atoms with Gasteiger partial charge in [0.25, 0.3) is 11.5 Å². The Morgan fingerprint density at radius 2 is 1.77 bits per heavy atom. The summed E-state index contributed by atoms with van der Waals surface area (Å²) in [5, 5.41) is 6.42. The molecule has 30 heavy (non-hydrogen) atoms. The van der Waals surface area contributed by atoms with Gasteiger partial charge in [-0.15, -0.1) is 24.8 Å². The predicted molar refractivity (Wildman–Crippen MR) is 126 cm³/mol. The summed E-state index contributed by atoms with van der Waals surface area (Å²) in [6.07, 6.45) is 4.56. The second-order valence-electron chi connectivity index (χ2n) is 7.81. The van der Waals surface area contributed by atoms with Crippen LogP contribution in [0.5, 0.6) is 0 Å². The maximum Gasteiger partial charge on any atom is 0.263 e. The normalized spacial score (nSPS) is 19.0. The van der Waals surface area contributed by atoms with Gasteiger partial charge in [0.1, 0.15) is 5.56 Å². The lowest BCUT2D eigenvalue weighted by molar-refractivity contribution is 0.0937. The first-order valence-corrected chi connectivity index (χ1v) is 10.2. The largest absolute Gasteiger partial charge is 0.369 e. The number of nitrogens with one attached hydrogen (secondary N) is 2. The van der Waals surface area contributed by atoms with Crippen LogP contribution in [0.25, 0.3) is 0 Å². The molecule has 0 radical (unpaired) electrons. The van der Waals surface area contributed by atoms with E-state index in [0.29, 0.717) is 5.56 Å². The average Bonchev–Trinajstić information content (AvgIpc) is 3.18. The van der Waals surface area contributed by atoms with Crippen LogP contribution in [-0.2, 0) is 0 Å². The van der Waals surface area contributed by atoms with E-state index < -0.39 is 0 Å². The van der Waals surface area contributed by atoms with Gasteiger partial charge in [0.05, 0.1) is 0 Å². The van der Waals surface area contributed by atoms with Gasteiger partial charge in [-0.1, -0.05) is 18.2 Å². The lowest BCUT2D eigenvalue weighted by Gasteiger charge is -2.25. The van der Waals surface area contributed by atoms with Gasteiger partial charge in [-0.2, -0.15) is 0 Å². The third-order valence-corrected chi connectivity index (χ3v) is 5.90. The zero-order valence-electron chi connectivity index (χ0n) is 17.2. The molecular weight excluding hydrogens is 423 g/mol. The number of halogens is 2. The van der Waals surface area contributed by atoms with Gasteiger partial charge < -0.3 is 20.1 Å². The molecule has 0 spiro atoms. The summed E-state index contributed by atoms with van der Waals surface area (Å²) in [5.74, 6) is -0.245. The Hall–Kier alpha value is -2.02. The van der Waals surface area contributed by atoms with E-state index in [1.165, 1.54) is 5.69 Å². The Bertz CT molecular complexity index is 898. The minimum Gasteiger partial charge on any atom is -0.369 e. The number of carbonyl (C=O) groups is 1. The number of aryl methyl sites for hydroxylation is 1. The van der Waals surface area contributed by atoms with Crippen LogP contribution < -0.4 is 21.1 Å². The molecular formula is C22H30Cl2N4O2. The average molecular weight is 453 g/mol. The van der Waals surface area contributed by atoms with Crippen LogP contribution in [-0.4, -0.2) is 42.7 Å². The van der Waals surface area contributed by atoms with E-state index in [1.54, 1.807) is 4.57 Å². The minimum absolute atomic E-state index is 0. The third kappa shape index (κ3) is 5.17. The maximum absolute atomic E-state index is 13.1. The number of amides is 1. The number of nitrogens with zero attached hydrogens (tertiary/aromatic N) is 2. The monoisotopic (exact) mass is 452 g/mol. The topological polar surface area (TPSA) is 66.4 Å². The van der Waals surface area contributed by atoms with Gasteiger partial charge in [-0.05, 0) is 63.0 Å². The van der Waals surface area contributed by atoms with E-state index in [4.69, 9.17) is 0 Å². The molecule has 1 unspecified atom stereocenters. The summed E-state index contributed by atoms with van der Waals surface area (Å²) in [6, 6.07) is 12.3. The van der Waals surface area contributed by atoms with Crippen molar-refractivity contribution >= 4 is 36.4 Å². The molecule has 3 heterocycles. The van der Waals surface area contributed by atoms with Crippen molar-refractivity contribution in [2.24, 2.45) is 0 Å². The van der Waals surface area contributed by atoms with Crippen LogP contribution in [0.15, 0.2) is 47.4 Å². The molecule has 2 aromatic rings. The van der Waals surface area contributed by atoms with Crippen LogP contribution in [0.4, 0.5) is 5.69 Å². The number of hydrogen-bond donors (Lipinski definition) is 2. The van der Waals surface area contributed by atoms with Crippen molar-refractivity contribution in [1.29, 1.82) is 0 Å². The molecule has 2 saturated heterocycles. The van der Waals surface area contributed by atoms with Crippen molar-refractivity contribution in [2.75, 3.05) is 31.1 Å². The number of carbonyl (C=O) groups excluding carboxylic acids is 1. The van der Waals surface area contributed by atoms with Crippen LogP contribution >= 0.6 is 24.8 Å². The molecule has 1 aromatic carbocycles. The fourth-order valence-corrected chi connectivity index (χ4v) is 4.30. The fourth-order valence-electron chi connectivity index (χ4n) is 4.30. The number of hydrogen-bond acceptors (Lipinski definition) is 4. The molecule has 0 saturated carbocycles. The second kappa shape index (κ2) is 10.8. The number of para-hydroxylation sites is 1. The molecule has 2 aliphatic heterocycles. The Labute approximate surface area is 189 Å². The molecule has 2 N–H and O–H groups in total. The smallest absolute Gasteiger partial charge is 0.263 e. The van der Waals surface area contributed by atoms with E-state index >= 15 is 0 Å². The van der Waals surface area contributed by atoms with E-state index in [-0.39, 0.29) is 48.4 Å². The van der Waals surface area contributed by atoms with Crippen LogP contribution in [0.1, 0.15) is 41.2 Å². The first-order chi connectivity index (χ1) is 13.6. The van der Waals surface area contributed by atoms with Gasteiger partial charge in [0, 0.05) is 37.1 Å². The Morgan fingerprint density at radius 1 is 1.07 bits per heavy atom. The number of piperidine rings is 1. The molecule has 8 heteroatoms. The summed E-state index contributed by atoms with van der Waals surface area (Å²) >= 11 is 0. The maximum atomic E-state index is 13.1. The van der Waals surface area contributed by atoms with Crippen molar-refractivity contribution in [1.82, 2.24) is 15.2 Å². The lowest BCUT2D eigenvalue weighted by Crippen LogP contribution is -2.42. The fraction of sp³-hybridized carbons (Fsp3) is 0.455. The Balaban J connectivity index is 0.00000160. The molecule has 2 aliphatic rings. The van der Waals surface area contributed by atoms with Gasteiger partial charge in [0.2, 0.25) is 0 Å². The molecule has 1 atom stereocenters. The number of pyridine rings is 1. The SMILES string of the molecule is Cc1ccn(C2CCNCC2)c(=O)c1C(=O)NC1CCN(c2ccccc2)C1.Cl.Cl. The number of aromatic nitrogens is 1. The summed E-state index contributed by atoms with van der Waals surface area (Å²) < 4.78 is 1.76. The zero-order valence-corrected chi connectivity index (χ0v) is 18.8. The van der Waals surface area contributed by atoms with Crippen LogP contribution in [0, 0.1) is 6.92 Å². The van der Waals surface area contributed by atoms with Gasteiger partial charge in [0.15, 0.2) is 0 Å². The van der Waals surface area contributed by atoms with E-state index in [2.05, 4.69) is 27.7 Å². The number of anilines is 1. The molecule has 1 aromatic heterocycles.